The third-order valence-corrected chi connectivity index (χ3v) is 1.70. The fraction of sp³-hybridized carbons (Fsp3) is 0.800. The van der Waals surface area contributed by atoms with Crippen LogP contribution in [0.1, 0.15) is 27.7 Å². The Hall–Kier alpha value is -1.14. The highest BCUT2D eigenvalue weighted by molar-refractivity contribution is 5.84. The maximum atomic E-state index is 11.3. The van der Waals surface area contributed by atoms with Crippen molar-refractivity contribution < 1.29 is 24.5 Å². The Balaban J connectivity index is 4.17. The first-order chi connectivity index (χ1) is 7.13. The van der Waals surface area contributed by atoms with Crippen LogP contribution in [0.25, 0.3) is 0 Å². The lowest BCUT2D eigenvalue weighted by Crippen LogP contribution is -2.49. The van der Waals surface area contributed by atoms with Gasteiger partial charge < -0.3 is 20.3 Å². The maximum Gasteiger partial charge on any atom is 0.328 e. The minimum Gasteiger partial charge on any atom is -0.480 e. The van der Waals surface area contributed by atoms with Crippen LogP contribution in [0.5, 0.6) is 0 Å². The standard InChI is InChI=1S/C10H19NO5/c1-6(12)8(9(14)15)11-7(13)5-16-10(2,3)4/h6,8,12H,5H2,1-4H3,(H,11,13)(H,14,15). The molecule has 0 radical (unpaired) electrons. The number of nitrogens with one attached hydrogen (secondary N) is 1. The lowest BCUT2D eigenvalue weighted by molar-refractivity contribution is -0.146. The van der Waals surface area contributed by atoms with E-state index in [1.807, 2.05) is 0 Å². The molecule has 0 aromatic heterocycles. The van der Waals surface area contributed by atoms with E-state index in [-0.39, 0.29) is 6.61 Å². The fourth-order valence-electron chi connectivity index (χ4n) is 0.886. The highest BCUT2D eigenvalue weighted by atomic mass is 16.5. The zero-order chi connectivity index (χ0) is 12.9. The van der Waals surface area contributed by atoms with E-state index in [1.165, 1.54) is 6.92 Å². The van der Waals surface area contributed by atoms with Crippen LogP contribution in [-0.2, 0) is 14.3 Å². The first-order valence-corrected chi connectivity index (χ1v) is 4.97. The highest BCUT2D eigenvalue weighted by Gasteiger charge is 2.25. The molecule has 0 aromatic carbocycles. The van der Waals surface area contributed by atoms with Crippen LogP contribution in [0.4, 0.5) is 0 Å². The first-order valence-electron chi connectivity index (χ1n) is 4.97. The quantitative estimate of drug-likeness (QED) is 0.608. The Labute approximate surface area is 94.6 Å². The van der Waals surface area contributed by atoms with E-state index in [4.69, 9.17) is 14.9 Å². The maximum absolute atomic E-state index is 11.3. The van der Waals surface area contributed by atoms with Crippen LogP contribution in [0.3, 0.4) is 0 Å². The molecule has 0 aliphatic rings. The summed E-state index contributed by atoms with van der Waals surface area (Å²) in [5, 5.41) is 20.0. The Kier molecular flexibility index (Phi) is 5.40. The molecule has 2 unspecified atom stereocenters. The van der Waals surface area contributed by atoms with Crippen molar-refractivity contribution in [2.75, 3.05) is 6.61 Å². The Morgan fingerprint density at radius 2 is 1.88 bits per heavy atom. The number of ether oxygens (including phenoxy) is 1. The summed E-state index contributed by atoms with van der Waals surface area (Å²) in [7, 11) is 0. The average Bonchev–Trinajstić information content (AvgIpc) is 2.08. The second-order valence-corrected chi connectivity index (χ2v) is 4.53. The predicted octanol–water partition coefficient (Wildman–Crippen LogP) is -0.248. The number of hydrogen-bond acceptors (Lipinski definition) is 4. The molecule has 2 atom stereocenters. The molecule has 6 nitrogen and oxygen atoms in total. The number of carboxylic acids is 1. The number of aliphatic carboxylic acids is 1. The number of rotatable bonds is 5. The van der Waals surface area contributed by atoms with Gasteiger partial charge in [0.2, 0.25) is 5.91 Å². The van der Waals surface area contributed by atoms with E-state index in [2.05, 4.69) is 5.32 Å². The van der Waals surface area contributed by atoms with Crippen LogP contribution in [0, 0.1) is 0 Å². The molecule has 0 aromatic rings. The minimum absolute atomic E-state index is 0.236. The van der Waals surface area contributed by atoms with E-state index < -0.39 is 29.6 Å². The van der Waals surface area contributed by atoms with E-state index >= 15 is 0 Å². The summed E-state index contributed by atoms with van der Waals surface area (Å²) < 4.78 is 5.16. The summed E-state index contributed by atoms with van der Waals surface area (Å²) in [6.45, 7) is 6.40. The average molecular weight is 233 g/mol. The van der Waals surface area contributed by atoms with Crippen LogP contribution >= 0.6 is 0 Å². The van der Waals surface area contributed by atoms with Crippen molar-refractivity contribution in [3.63, 3.8) is 0 Å². The van der Waals surface area contributed by atoms with E-state index in [9.17, 15) is 9.59 Å². The predicted molar refractivity (Wildman–Crippen MR) is 57.0 cm³/mol. The molecule has 6 heteroatoms. The van der Waals surface area contributed by atoms with Crippen molar-refractivity contribution >= 4 is 11.9 Å². The molecule has 0 bridgehead atoms. The van der Waals surface area contributed by atoms with Gasteiger partial charge in [0, 0.05) is 0 Å². The van der Waals surface area contributed by atoms with Gasteiger partial charge in [0.15, 0.2) is 6.04 Å². The summed E-state index contributed by atoms with van der Waals surface area (Å²) in [5.74, 6) is -1.85. The Bertz CT molecular complexity index is 256. The molecule has 0 fully saturated rings. The zero-order valence-electron chi connectivity index (χ0n) is 9.98. The number of carboxylic acid groups (broad SMARTS) is 1. The first kappa shape index (κ1) is 14.9. The molecule has 94 valence electrons. The molecule has 0 rings (SSSR count). The van der Waals surface area contributed by atoms with Crippen molar-refractivity contribution in [1.82, 2.24) is 5.32 Å². The largest absolute Gasteiger partial charge is 0.480 e. The minimum atomic E-state index is -1.31. The van der Waals surface area contributed by atoms with Gasteiger partial charge in [0.25, 0.3) is 0 Å². The summed E-state index contributed by atoms with van der Waals surface area (Å²) in [4.78, 5) is 22.0. The zero-order valence-corrected chi connectivity index (χ0v) is 9.98. The van der Waals surface area contributed by atoms with Gasteiger partial charge in [-0.1, -0.05) is 0 Å². The summed E-state index contributed by atoms with van der Waals surface area (Å²) in [5.41, 5.74) is -0.471. The van der Waals surface area contributed by atoms with E-state index in [1.54, 1.807) is 20.8 Å². The van der Waals surface area contributed by atoms with E-state index in [0.717, 1.165) is 0 Å². The number of aliphatic hydroxyl groups is 1. The summed E-state index contributed by atoms with van der Waals surface area (Å²) >= 11 is 0. The Morgan fingerprint density at radius 3 is 2.19 bits per heavy atom. The number of carbonyl (C=O) groups is 2. The number of amides is 1. The normalized spacial score (nSPS) is 15.3. The third kappa shape index (κ3) is 6.36. The smallest absolute Gasteiger partial charge is 0.328 e. The molecule has 0 heterocycles. The SMILES string of the molecule is CC(O)C(NC(=O)COC(C)(C)C)C(=O)O. The monoisotopic (exact) mass is 233 g/mol. The molecule has 3 N–H and O–H groups in total. The van der Waals surface area contributed by atoms with Crippen LogP contribution in [0.2, 0.25) is 0 Å². The molecule has 1 amide bonds. The van der Waals surface area contributed by atoms with E-state index in [0.29, 0.717) is 0 Å². The van der Waals surface area contributed by atoms with Crippen molar-refractivity contribution in [3.8, 4) is 0 Å². The van der Waals surface area contributed by atoms with Gasteiger partial charge in [-0.05, 0) is 27.7 Å². The van der Waals surface area contributed by atoms with Gasteiger partial charge in [-0.25, -0.2) is 4.79 Å². The second-order valence-electron chi connectivity index (χ2n) is 4.53. The van der Waals surface area contributed by atoms with Gasteiger partial charge in [0.05, 0.1) is 11.7 Å². The summed E-state index contributed by atoms with van der Waals surface area (Å²) in [6, 6.07) is -1.31. The highest BCUT2D eigenvalue weighted by Crippen LogP contribution is 2.05. The fourth-order valence-corrected chi connectivity index (χ4v) is 0.886. The summed E-state index contributed by atoms with van der Waals surface area (Å²) in [6.07, 6.45) is -1.16. The van der Waals surface area contributed by atoms with Crippen molar-refractivity contribution in [3.05, 3.63) is 0 Å². The van der Waals surface area contributed by atoms with Gasteiger partial charge in [-0.3, -0.25) is 4.79 Å². The molecule has 0 aliphatic heterocycles. The lowest BCUT2D eigenvalue weighted by atomic mass is 10.2. The van der Waals surface area contributed by atoms with Crippen LogP contribution < -0.4 is 5.32 Å². The molecule has 0 spiro atoms. The Morgan fingerprint density at radius 1 is 1.38 bits per heavy atom. The third-order valence-electron chi connectivity index (χ3n) is 1.70. The van der Waals surface area contributed by atoms with Crippen LogP contribution in [-0.4, -0.2) is 46.4 Å². The molecular formula is C10H19NO5. The van der Waals surface area contributed by atoms with Crippen LogP contribution in [0.15, 0.2) is 0 Å². The lowest BCUT2D eigenvalue weighted by Gasteiger charge is -2.21. The van der Waals surface area contributed by atoms with Crippen molar-refractivity contribution in [1.29, 1.82) is 0 Å². The number of hydrogen-bond donors (Lipinski definition) is 3. The molecule has 16 heavy (non-hydrogen) atoms. The molecule has 0 saturated heterocycles. The van der Waals surface area contributed by atoms with Gasteiger partial charge >= 0.3 is 5.97 Å². The molecular weight excluding hydrogens is 214 g/mol. The van der Waals surface area contributed by atoms with Crippen molar-refractivity contribution in [2.45, 2.75) is 45.4 Å². The molecule has 0 aliphatic carbocycles. The van der Waals surface area contributed by atoms with Gasteiger partial charge in [-0.2, -0.15) is 0 Å². The number of aliphatic hydroxyl groups excluding tert-OH is 1. The van der Waals surface area contributed by atoms with Gasteiger partial charge in [0.1, 0.15) is 6.61 Å². The molecule has 0 saturated carbocycles. The van der Waals surface area contributed by atoms with Gasteiger partial charge in [-0.15, -0.1) is 0 Å². The second kappa shape index (κ2) is 5.81. The van der Waals surface area contributed by atoms with Crippen molar-refractivity contribution in [2.24, 2.45) is 0 Å². The topological polar surface area (TPSA) is 95.9 Å². The number of carbonyl (C=O) groups excluding carboxylic acids is 1.